The summed E-state index contributed by atoms with van der Waals surface area (Å²) in [6.07, 6.45) is 0. The van der Waals surface area contributed by atoms with Crippen molar-refractivity contribution >= 4 is 32.6 Å². The molecule has 0 heterocycles. The van der Waals surface area contributed by atoms with Gasteiger partial charge >= 0.3 is 0 Å². The standard InChI is InChI=1S/C11H14N4O8S2/c12-6-9(11(17)13-3-4-24(18,19)20)15-14-8-5-7(25(21,22)23)1-2-10(8)16/h1-2,5,9,16,21-23H,3-4H2,(H,13,17)(H,18,19,20). The monoisotopic (exact) mass is 394 g/mol. The van der Waals surface area contributed by atoms with Crippen LogP contribution in [-0.2, 0) is 14.9 Å². The largest absolute Gasteiger partial charge is 0.506 e. The smallest absolute Gasteiger partial charge is 0.266 e. The minimum atomic E-state index is -4.29. The predicted octanol–water partition coefficient (Wildman–Crippen LogP) is 0.955. The molecule has 0 aliphatic heterocycles. The van der Waals surface area contributed by atoms with Crippen molar-refractivity contribution < 1.29 is 36.5 Å². The topological polar surface area (TPSA) is 213 Å². The second-order valence-corrected chi connectivity index (χ2v) is 7.57. The van der Waals surface area contributed by atoms with E-state index >= 15 is 0 Å². The van der Waals surface area contributed by atoms with Gasteiger partial charge in [0.25, 0.3) is 16.0 Å². The minimum Gasteiger partial charge on any atom is -0.506 e. The first-order valence-electron chi connectivity index (χ1n) is 6.31. The van der Waals surface area contributed by atoms with Crippen molar-refractivity contribution in [3.63, 3.8) is 0 Å². The van der Waals surface area contributed by atoms with Gasteiger partial charge in [0.15, 0.2) is 0 Å². The average molecular weight is 394 g/mol. The normalized spacial score (nSPS) is 14.0. The lowest BCUT2D eigenvalue weighted by atomic mass is 10.3. The molecule has 25 heavy (non-hydrogen) atoms. The minimum absolute atomic E-state index is 0.350. The maximum absolute atomic E-state index is 11.7. The molecule has 1 rings (SSSR count). The van der Waals surface area contributed by atoms with Crippen molar-refractivity contribution in [2.45, 2.75) is 10.9 Å². The molecule has 12 nitrogen and oxygen atoms in total. The Balaban J connectivity index is 2.87. The van der Waals surface area contributed by atoms with E-state index in [0.717, 1.165) is 18.2 Å². The summed E-state index contributed by atoms with van der Waals surface area (Å²) in [4.78, 5) is 11.3. The van der Waals surface area contributed by atoms with Gasteiger partial charge in [-0.2, -0.15) is 23.9 Å². The Labute approximate surface area is 143 Å². The molecule has 1 aromatic rings. The van der Waals surface area contributed by atoms with Crippen molar-refractivity contribution in [1.29, 1.82) is 5.26 Å². The average Bonchev–Trinajstić information content (AvgIpc) is 2.47. The number of phenols is 1. The van der Waals surface area contributed by atoms with Gasteiger partial charge < -0.3 is 24.1 Å². The van der Waals surface area contributed by atoms with Crippen LogP contribution in [0.15, 0.2) is 33.3 Å². The zero-order chi connectivity index (χ0) is 19.3. The van der Waals surface area contributed by atoms with Gasteiger partial charge in [0.1, 0.15) is 28.4 Å². The van der Waals surface area contributed by atoms with E-state index in [1.54, 1.807) is 0 Å². The van der Waals surface area contributed by atoms with E-state index in [4.69, 9.17) is 23.5 Å². The van der Waals surface area contributed by atoms with Crippen LogP contribution in [0.3, 0.4) is 0 Å². The van der Waals surface area contributed by atoms with Crippen LogP contribution in [0.4, 0.5) is 5.69 Å². The van der Waals surface area contributed by atoms with E-state index in [9.17, 15) is 18.3 Å². The second kappa shape index (κ2) is 8.20. The quantitative estimate of drug-likeness (QED) is 0.286. The van der Waals surface area contributed by atoms with Crippen molar-refractivity contribution in [1.82, 2.24) is 5.32 Å². The molecule has 0 radical (unpaired) electrons. The number of benzene rings is 1. The summed E-state index contributed by atoms with van der Waals surface area (Å²) < 4.78 is 57.0. The summed E-state index contributed by atoms with van der Waals surface area (Å²) in [5.74, 6) is -2.23. The summed E-state index contributed by atoms with van der Waals surface area (Å²) in [6, 6.07) is 2.68. The SMILES string of the molecule is N#CC(N=Nc1cc(S(O)(O)O)ccc1O)C(=O)NCCS(=O)(=O)O. The van der Waals surface area contributed by atoms with Crippen LogP contribution in [0.25, 0.3) is 0 Å². The molecule has 1 atom stereocenters. The molecule has 0 saturated carbocycles. The molecule has 0 spiro atoms. The van der Waals surface area contributed by atoms with Crippen LogP contribution >= 0.6 is 10.9 Å². The second-order valence-electron chi connectivity index (χ2n) is 4.49. The van der Waals surface area contributed by atoms with E-state index in [1.165, 1.54) is 6.07 Å². The molecule has 0 aliphatic rings. The molecule has 1 amide bonds. The number of carbonyl (C=O) groups excluding carboxylic acids is 1. The van der Waals surface area contributed by atoms with E-state index in [-0.39, 0.29) is 10.6 Å². The lowest BCUT2D eigenvalue weighted by molar-refractivity contribution is -0.121. The Bertz CT molecular complexity index is 812. The van der Waals surface area contributed by atoms with E-state index in [1.807, 2.05) is 5.32 Å². The third-order valence-corrected chi connectivity index (χ3v) is 4.18. The van der Waals surface area contributed by atoms with Gasteiger partial charge in [0, 0.05) is 6.54 Å². The molecule has 14 heteroatoms. The number of hydrogen-bond donors (Lipinski definition) is 6. The Morgan fingerprint density at radius 2 is 1.92 bits per heavy atom. The fourth-order valence-electron chi connectivity index (χ4n) is 1.41. The third-order valence-electron chi connectivity index (χ3n) is 2.57. The Hall–Kier alpha value is -2.28. The first-order valence-corrected chi connectivity index (χ1v) is 9.42. The van der Waals surface area contributed by atoms with E-state index < -0.39 is 51.0 Å². The van der Waals surface area contributed by atoms with Crippen LogP contribution in [0.2, 0.25) is 0 Å². The van der Waals surface area contributed by atoms with Crippen molar-refractivity contribution in [3.05, 3.63) is 18.2 Å². The van der Waals surface area contributed by atoms with Gasteiger partial charge in [-0.3, -0.25) is 9.35 Å². The van der Waals surface area contributed by atoms with Crippen molar-refractivity contribution in [2.24, 2.45) is 10.2 Å². The Morgan fingerprint density at radius 3 is 2.44 bits per heavy atom. The molecule has 0 saturated heterocycles. The summed E-state index contributed by atoms with van der Waals surface area (Å²) in [6.45, 7) is -0.461. The van der Waals surface area contributed by atoms with E-state index in [0.29, 0.717) is 0 Å². The Kier molecular flexibility index (Phi) is 6.81. The number of phenolic OH excluding ortho intramolecular Hbond substituents is 1. The predicted molar refractivity (Wildman–Crippen MR) is 85.2 cm³/mol. The van der Waals surface area contributed by atoms with Crippen molar-refractivity contribution in [2.75, 3.05) is 12.3 Å². The van der Waals surface area contributed by atoms with Crippen molar-refractivity contribution in [3.8, 4) is 11.8 Å². The molecule has 1 aromatic carbocycles. The maximum Gasteiger partial charge on any atom is 0.266 e. The fraction of sp³-hybridized carbons (Fsp3) is 0.273. The zero-order valence-corrected chi connectivity index (χ0v) is 14.0. The first kappa shape index (κ1) is 20.8. The molecule has 0 aliphatic carbocycles. The highest BCUT2D eigenvalue weighted by atomic mass is 32.3. The summed E-state index contributed by atoms with van der Waals surface area (Å²) in [5, 5.41) is 27.3. The van der Waals surface area contributed by atoms with Gasteiger partial charge in [-0.1, -0.05) is 0 Å². The van der Waals surface area contributed by atoms with Crippen LogP contribution in [-0.4, -0.2) is 56.0 Å². The number of carbonyl (C=O) groups is 1. The summed E-state index contributed by atoms with van der Waals surface area (Å²) >= 11 is 0. The van der Waals surface area contributed by atoms with Crippen LogP contribution in [0, 0.1) is 11.3 Å². The third kappa shape index (κ3) is 7.01. The van der Waals surface area contributed by atoms with Crippen LogP contribution in [0.5, 0.6) is 5.75 Å². The lowest BCUT2D eigenvalue weighted by Crippen LogP contribution is -2.35. The maximum atomic E-state index is 11.7. The van der Waals surface area contributed by atoms with Gasteiger partial charge in [-0.15, -0.1) is 0 Å². The highest BCUT2D eigenvalue weighted by molar-refractivity contribution is 8.19. The molecular formula is C11H14N4O8S2. The first-order chi connectivity index (χ1) is 11.4. The van der Waals surface area contributed by atoms with Crippen LogP contribution < -0.4 is 5.32 Å². The van der Waals surface area contributed by atoms with E-state index in [2.05, 4.69) is 10.2 Å². The number of aromatic hydroxyl groups is 1. The molecule has 0 aromatic heterocycles. The number of nitriles is 1. The van der Waals surface area contributed by atoms with Gasteiger partial charge in [-0.05, 0) is 18.2 Å². The fourth-order valence-corrected chi connectivity index (χ4v) is 2.29. The highest BCUT2D eigenvalue weighted by Gasteiger charge is 2.19. The molecular weight excluding hydrogens is 380 g/mol. The van der Waals surface area contributed by atoms with Gasteiger partial charge in [-0.25, -0.2) is 0 Å². The molecule has 1 unspecified atom stereocenters. The number of azo groups is 1. The van der Waals surface area contributed by atoms with Gasteiger partial charge in [0.2, 0.25) is 6.04 Å². The number of amides is 1. The Morgan fingerprint density at radius 1 is 1.28 bits per heavy atom. The molecule has 6 N–H and O–H groups in total. The number of nitrogens with one attached hydrogen (secondary N) is 1. The lowest BCUT2D eigenvalue weighted by Gasteiger charge is -2.19. The number of rotatable bonds is 7. The zero-order valence-electron chi connectivity index (χ0n) is 12.3. The summed E-state index contributed by atoms with van der Waals surface area (Å²) in [7, 11) is -8.35. The summed E-state index contributed by atoms with van der Waals surface area (Å²) in [5.41, 5.74) is -0.350. The molecule has 0 bridgehead atoms. The molecule has 0 fully saturated rings. The van der Waals surface area contributed by atoms with Gasteiger partial charge in [0.05, 0.1) is 10.6 Å². The van der Waals surface area contributed by atoms with Crippen LogP contribution in [0.1, 0.15) is 0 Å². The highest BCUT2D eigenvalue weighted by Crippen LogP contribution is 2.46. The number of nitrogens with zero attached hydrogens (tertiary/aromatic N) is 3. The number of hydrogen-bond acceptors (Lipinski definition) is 10. The molecule has 138 valence electrons.